The van der Waals surface area contributed by atoms with Crippen molar-refractivity contribution in [3.05, 3.63) is 0 Å². The zero-order chi connectivity index (χ0) is 32.0. The second-order valence-corrected chi connectivity index (χ2v) is 11.3. The van der Waals surface area contributed by atoms with Crippen LogP contribution in [0.1, 0.15) is 12.8 Å². The van der Waals surface area contributed by atoms with Gasteiger partial charge in [-0.3, -0.25) is 5.21 Å². The van der Waals surface area contributed by atoms with Crippen molar-refractivity contribution >= 4 is 6.03 Å². The van der Waals surface area contributed by atoms with Crippen LogP contribution in [0, 0.1) is 5.92 Å². The highest BCUT2D eigenvalue weighted by Crippen LogP contribution is 2.37. The Morgan fingerprint density at radius 2 is 1.63 bits per heavy atom. The predicted octanol–water partition coefficient (Wildman–Crippen LogP) is -7.64. The number of hydrogen-bond donors (Lipinski definition) is 14. The molecule has 1 aliphatic carbocycles. The largest absolute Gasteiger partial charge is 0.396 e. The fraction of sp³-hybridized carbons (Fsp3) is 0.958. The molecule has 19 heteroatoms. The summed E-state index contributed by atoms with van der Waals surface area (Å²) in [4.78, 5) is 12.7. The second-order valence-electron chi connectivity index (χ2n) is 11.3. The first-order valence-electron chi connectivity index (χ1n) is 14.4. The molecule has 43 heavy (non-hydrogen) atoms. The average Bonchev–Trinajstić information content (AvgIpc) is 2.97. The second kappa shape index (κ2) is 16.3. The standard InChI is InChI=1S/C24H49N7O12/c25-2-4-31(40)24(39)30-10-6-9(26)13(22-15(28)19(37)17(35)11(41-22)7-29-3-1-5-32)18(36)21(10)43-23-20(38)14(27)16(34)12(8-33)42-23/h9-23,29,32-38,40H,1-8,25-28H2,(H,30,39)/t9-,10+,11+,12+,13?,14-,15+,16+,17+,18-,19+,20+,21-,22+,23+/m0/s1. The molecule has 1 saturated carbocycles. The molecular weight excluding hydrogens is 578 g/mol. The first-order chi connectivity index (χ1) is 20.4. The van der Waals surface area contributed by atoms with Crippen molar-refractivity contribution in [1.29, 1.82) is 0 Å². The molecule has 2 amide bonds. The molecule has 15 atom stereocenters. The number of hydroxylamine groups is 2. The summed E-state index contributed by atoms with van der Waals surface area (Å²) >= 11 is 0. The van der Waals surface area contributed by atoms with E-state index in [0.717, 1.165) is 0 Å². The van der Waals surface area contributed by atoms with Crippen molar-refractivity contribution in [3.8, 4) is 0 Å². The SMILES string of the molecule is NCCN(O)C(=O)N[C@@H]1C[C@H](N)C([C@H]2O[C@H](CNCCCO)[C@@H](O)[C@H](O)[C@H]2N)[C@H](O)[C@H]1O[C@H]1O[C@H](CO)[C@@H](O)[C@H](N)[C@H]1O. The van der Waals surface area contributed by atoms with Crippen molar-refractivity contribution in [2.45, 2.75) is 98.2 Å². The maximum absolute atomic E-state index is 12.7. The summed E-state index contributed by atoms with van der Waals surface area (Å²) in [6, 6.07) is -5.53. The highest BCUT2D eigenvalue weighted by molar-refractivity contribution is 5.73. The molecule has 2 aliphatic heterocycles. The molecule has 0 radical (unpaired) electrons. The van der Waals surface area contributed by atoms with Crippen LogP contribution in [0.15, 0.2) is 0 Å². The molecular formula is C24H49N7O12. The zero-order valence-corrected chi connectivity index (χ0v) is 23.8. The first kappa shape index (κ1) is 36.1. The maximum Gasteiger partial charge on any atom is 0.341 e. The summed E-state index contributed by atoms with van der Waals surface area (Å²) in [6.45, 7) is -0.502. The van der Waals surface area contributed by atoms with Gasteiger partial charge in [0.2, 0.25) is 0 Å². The summed E-state index contributed by atoms with van der Waals surface area (Å²) in [5.74, 6) is -1.06. The molecule has 2 heterocycles. The van der Waals surface area contributed by atoms with E-state index in [4.69, 9.17) is 42.3 Å². The van der Waals surface area contributed by atoms with Crippen LogP contribution in [0.4, 0.5) is 4.79 Å². The van der Waals surface area contributed by atoms with E-state index in [1.807, 2.05) is 0 Å². The fourth-order valence-corrected chi connectivity index (χ4v) is 5.87. The number of urea groups is 1. The third-order valence-electron chi connectivity index (χ3n) is 8.33. The van der Waals surface area contributed by atoms with Crippen molar-refractivity contribution in [1.82, 2.24) is 15.7 Å². The average molecular weight is 628 g/mol. The lowest BCUT2D eigenvalue weighted by molar-refractivity contribution is -0.307. The zero-order valence-electron chi connectivity index (χ0n) is 23.8. The number of hydrogen-bond acceptors (Lipinski definition) is 17. The molecule has 0 bridgehead atoms. The molecule has 18 N–H and O–H groups in total. The van der Waals surface area contributed by atoms with E-state index in [1.54, 1.807) is 0 Å². The van der Waals surface area contributed by atoms with Gasteiger partial charge in [-0.2, -0.15) is 0 Å². The minimum absolute atomic E-state index is 0.0509. The Bertz CT molecular complexity index is 867. The normalized spacial score (nSPS) is 43.8. The van der Waals surface area contributed by atoms with Gasteiger partial charge in [0.1, 0.15) is 36.6 Å². The molecule has 0 aromatic heterocycles. The van der Waals surface area contributed by atoms with Crippen LogP contribution < -0.4 is 33.6 Å². The van der Waals surface area contributed by atoms with Crippen molar-refractivity contribution in [3.63, 3.8) is 0 Å². The van der Waals surface area contributed by atoms with Gasteiger partial charge in [-0.25, -0.2) is 9.86 Å². The van der Waals surface area contributed by atoms with E-state index in [0.29, 0.717) is 18.0 Å². The molecule has 3 fully saturated rings. The lowest BCUT2D eigenvalue weighted by Crippen LogP contribution is -2.72. The summed E-state index contributed by atoms with van der Waals surface area (Å²) in [5, 5.41) is 88.5. The van der Waals surface area contributed by atoms with E-state index in [2.05, 4.69) is 10.6 Å². The lowest BCUT2D eigenvalue weighted by atomic mass is 9.71. The monoisotopic (exact) mass is 627 g/mol. The van der Waals surface area contributed by atoms with Gasteiger partial charge >= 0.3 is 6.03 Å². The van der Waals surface area contributed by atoms with Crippen molar-refractivity contribution in [2.75, 3.05) is 39.4 Å². The van der Waals surface area contributed by atoms with E-state index in [-0.39, 0.29) is 32.7 Å². The highest BCUT2D eigenvalue weighted by Gasteiger charge is 2.55. The van der Waals surface area contributed by atoms with Gasteiger partial charge in [-0.1, -0.05) is 0 Å². The topological polar surface area (TPSA) is 338 Å². The fourth-order valence-electron chi connectivity index (χ4n) is 5.87. The molecule has 0 aromatic rings. The van der Waals surface area contributed by atoms with E-state index >= 15 is 0 Å². The number of nitrogens with one attached hydrogen (secondary N) is 2. The summed E-state index contributed by atoms with van der Waals surface area (Å²) < 4.78 is 17.6. The number of aliphatic hydroxyl groups excluding tert-OH is 7. The van der Waals surface area contributed by atoms with Gasteiger partial charge in [0.05, 0.1) is 49.6 Å². The summed E-state index contributed by atoms with van der Waals surface area (Å²) in [6.07, 6.45) is -13.5. The molecule has 3 aliphatic rings. The van der Waals surface area contributed by atoms with Crippen LogP contribution in [0.3, 0.4) is 0 Å². The Balaban J connectivity index is 1.88. The Kier molecular flexibility index (Phi) is 13.7. The number of carbonyl (C=O) groups is 1. The quantitative estimate of drug-likeness (QED) is 0.0542. The minimum Gasteiger partial charge on any atom is -0.396 e. The number of nitrogens with zero attached hydrogens (tertiary/aromatic N) is 1. The minimum atomic E-state index is -1.62. The van der Waals surface area contributed by atoms with Crippen molar-refractivity contribution in [2.24, 2.45) is 28.9 Å². The Morgan fingerprint density at radius 1 is 0.930 bits per heavy atom. The maximum atomic E-state index is 12.7. The van der Waals surface area contributed by atoms with Crippen LogP contribution >= 0.6 is 0 Å². The van der Waals surface area contributed by atoms with Gasteiger partial charge in [-0.15, -0.1) is 0 Å². The summed E-state index contributed by atoms with van der Waals surface area (Å²) in [5.41, 5.74) is 24.1. The van der Waals surface area contributed by atoms with Crippen LogP contribution in [-0.4, -0.2) is 177 Å². The Labute approximate surface area is 248 Å². The van der Waals surface area contributed by atoms with Crippen LogP contribution in [0.5, 0.6) is 0 Å². The van der Waals surface area contributed by atoms with Crippen LogP contribution in [-0.2, 0) is 14.2 Å². The molecule has 0 aromatic carbocycles. The number of carbonyl (C=O) groups excluding carboxylic acids is 1. The van der Waals surface area contributed by atoms with Gasteiger partial charge in [-0.05, 0) is 19.4 Å². The van der Waals surface area contributed by atoms with Crippen LogP contribution in [0.25, 0.3) is 0 Å². The van der Waals surface area contributed by atoms with E-state index in [1.165, 1.54) is 0 Å². The smallest absolute Gasteiger partial charge is 0.341 e. The number of amides is 2. The third kappa shape index (κ3) is 8.27. The lowest BCUT2D eigenvalue weighted by Gasteiger charge is -2.52. The van der Waals surface area contributed by atoms with Gasteiger partial charge < -0.3 is 83.5 Å². The van der Waals surface area contributed by atoms with E-state index < -0.39 is 104 Å². The Morgan fingerprint density at radius 3 is 2.26 bits per heavy atom. The Hall–Kier alpha value is -1.37. The van der Waals surface area contributed by atoms with Crippen LogP contribution in [0.2, 0.25) is 0 Å². The van der Waals surface area contributed by atoms with E-state index in [9.17, 15) is 40.6 Å². The number of aliphatic hydroxyl groups is 7. The number of rotatable bonds is 12. The third-order valence-corrected chi connectivity index (χ3v) is 8.33. The molecule has 252 valence electrons. The molecule has 19 nitrogen and oxygen atoms in total. The molecule has 0 spiro atoms. The van der Waals surface area contributed by atoms with Gasteiger partial charge in [0.15, 0.2) is 6.29 Å². The summed E-state index contributed by atoms with van der Waals surface area (Å²) in [7, 11) is 0. The first-order valence-corrected chi connectivity index (χ1v) is 14.4. The van der Waals surface area contributed by atoms with Gasteiger partial charge in [0, 0.05) is 31.7 Å². The van der Waals surface area contributed by atoms with Gasteiger partial charge in [0.25, 0.3) is 0 Å². The predicted molar refractivity (Wildman–Crippen MR) is 146 cm³/mol. The molecule has 1 unspecified atom stereocenters. The van der Waals surface area contributed by atoms with Crippen molar-refractivity contribution < 1.29 is 60.0 Å². The number of ether oxygens (including phenoxy) is 3. The highest BCUT2D eigenvalue weighted by atomic mass is 16.7. The molecule has 2 saturated heterocycles. The number of nitrogens with two attached hydrogens (primary N) is 4. The molecule has 3 rings (SSSR count).